The SMILES string of the molecule is CN1C(c2ccccc2)NC(c2ccccc2)C1N. The minimum atomic E-state index is -0.0207. The lowest BCUT2D eigenvalue weighted by molar-refractivity contribution is 0.237. The van der Waals surface area contributed by atoms with Crippen LogP contribution in [0.1, 0.15) is 23.3 Å². The lowest BCUT2D eigenvalue weighted by Gasteiger charge is -2.22. The Labute approximate surface area is 114 Å². The number of hydrogen-bond donors (Lipinski definition) is 2. The molecule has 3 unspecified atom stereocenters. The first-order valence-electron chi connectivity index (χ1n) is 6.61. The van der Waals surface area contributed by atoms with Crippen LogP contribution in [0.15, 0.2) is 60.7 Å². The van der Waals surface area contributed by atoms with Crippen LogP contribution in [0.3, 0.4) is 0 Å². The van der Waals surface area contributed by atoms with Gasteiger partial charge in [-0.15, -0.1) is 0 Å². The standard InChI is InChI=1S/C16H19N3/c1-19-15(17)14(12-8-4-2-5-9-12)18-16(19)13-10-6-3-7-11-13/h2-11,14-16,18H,17H2,1H3. The highest BCUT2D eigenvalue weighted by atomic mass is 15.4. The fourth-order valence-corrected chi connectivity index (χ4v) is 2.71. The molecule has 0 saturated carbocycles. The fraction of sp³-hybridized carbons (Fsp3) is 0.250. The summed E-state index contributed by atoms with van der Waals surface area (Å²) in [6.07, 6.45) is 0.147. The molecule has 0 aromatic heterocycles. The quantitative estimate of drug-likeness (QED) is 0.862. The first kappa shape index (κ1) is 12.4. The van der Waals surface area contributed by atoms with Crippen molar-refractivity contribution in [3.8, 4) is 0 Å². The van der Waals surface area contributed by atoms with Crippen LogP contribution >= 0.6 is 0 Å². The van der Waals surface area contributed by atoms with Crippen LogP contribution in [0, 0.1) is 0 Å². The van der Waals surface area contributed by atoms with Gasteiger partial charge in [-0.2, -0.15) is 0 Å². The van der Waals surface area contributed by atoms with Crippen LogP contribution in [0.25, 0.3) is 0 Å². The third kappa shape index (κ3) is 2.28. The van der Waals surface area contributed by atoms with E-state index in [0.29, 0.717) is 0 Å². The van der Waals surface area contributed by atoms with Gasteiger partial charge >= 0.3 is 0 Å². The zero-order chi connectivity index (χ0) is 13.2. The van der Waals surface area contributed by atoms with Gasteiger partial charge in [0.15, 0.2) is 0 Å². The Hall–Kier alpha value is -1.68. The van der Waals surface area contributed by atoms with Gasteiger partial charge in [-0.25, -0.2) is 0 Å². The van der Waals surface area contributed by atoms with Gasteiger partial charge in [0.05, 0.1) is 18.4 Å². The number of nitrogens with zero attached hydrogens (tertiary/aromatic N) is 1. The summed E-state index contributed by atoms with van der Waals surface area (Å²) in [4.78, 5) is 2.19. The van der Waals surface area contributed by atoms with Crippen LogP contribution in [-0.4, -0.2) is 18.1 Å². The van der Waals surface area contributed by atoms with Crippen molar-refractivity contribution in [3.05, 3.63) is 71.8 Å². The fourth-order valence-electron chi connectivity index (χ4n) is 2.71. The summed E-state index contributed by atoms with van der Waals surface area (Å²) in [5, 5.41) is 3.62. The molecule has 0 spiro atoms. The monoisotopic (exact) mass is 253 g/mol. The van der Waals surface area contributed by atoms with E-state index < -0.39 is 0 Å². The molecule has 1 heterocycles. The molecule has 2 aromatic carbocycles. The molecular formula is C16H19N3. The second-order valence-electron chi connectivity index (χ2n) is 5.02. The molecular weight excluding hydrogens is 234 g/mol. The Morgan fingerprint density at radius 2 is 1.42 bits per heavy atom. The minimum absolute atomic E-state index is 0.0207. The van der Waals surface area contributed by atoms with E-state index in [9.17, 15) is 0 Å². The number of nitrogens with two attached hydrogens (primary N) is 1. The van der Waals surface area contributed by atoms with E-state index in [-0.39, 0.29) is 18.4 Å². The molecule has 0 radical (unpaired) electrons. The van der Waals surface area contributed by atoms with Gasteiger partial charge in [0, 0.05) is 0 Å². The number of benzene rings is 2. The maximum Gasteiger partial charge on any atom is 0.0876 e. The molecule has 1 fully saturated rings. The topological polar surface area (TPSA) is 41.3 Å². The first-order valence-corrected chi connectivity index (χ1v) is 6.61. The molecule has 0 amide bonds. The molecule has 3 atom stereocenters. The van der Waals surface area contributed by atoms with Gasteiger partial charge in [0.25, 0.3) is 0 Å². The van der Waals surface area contributed by atoms with Crippen LogP contribution in [0.5, 0.6) is 0 Å². The molecule has 3 heteroatoms. The molecule has 1 aliphatic heterocycles. The minimum Gasteiger partial charge on any atom is -0.314 e. The van der Waals surface area contributed by atoms with Crippen molar-refractivity contribution in [2.45, 2.75) is 18.4 Å². The summed E-state index contributed by atoms with van der Waals surface area (Å²) in [7, 11) is 2.07. The van der Waals surface area contributed by atoms with E-state index in [1.54, 1.807) is 0 Å². The second kappa shape index (κ2) is 5.13. The normalized spacial score (nSPS) is 27.6. The molecule has 3 rings (SSSR count). The summed E-state index contributed by atoms with van der Waals surface area (Å²) in [6.45, 7) is 0. The predicted octanol–water partition coefficient (Wildman–Crippen LogP) is 2.25. The van der Waals surface area contributed by atoms with Gasteiger partial charge in [0.2, 0.25) is 0 Å². The van der Waals surface area contributed by atoms with Crippen molar-refractivity contribution in [2.75, 3.05) is 7.05 Å². The van der Waals surface area contributed by atoms with Gasteiger partial charge < -0.3 is 5.73 Å². The third-order valence-electron chi connectivity index (χ3n) is 3.83. The maximum atomic E-state index is 6.35. The first-order chi connectivity index (χ1) is 9.27. The summed E-state index contributed by atoms with van der Waals surface area (Å²) >= 11 is 0. The predicted molar refractivity (Wildman–Crippen MR) is 77.2 cm³/mol. The van der Waals surface area contributed by atoms with E-state index in [1.807, 2.05) is 12.1 Å². The molecule has 2 aromatic rings. The highest BCUT2D eigenvalue weighted by Crippen LogP contribution is 2.32. The number of rotatable bonds is 2. The lowest BCUT2D eigenvalue weighted by Crippen LogP contribution is -2.37. The Kier molecular flexibility index (Phi) is 3.34. The Morgan fingerprint density at radius 3 is 2.00 bits per heavy atom. The summed E-state index contributed by atoms with van der Waals surface area (Å²) in [5.74, 6) is 0. The molecule has 98 valence electrons. The van der Waals surface area contributed by atoms with E-state index in [2.05, 4.69) is 65.8 Å². The van der Waals surface area contributed by atoms with Crippen molar-refractivity contribution < 1.29 is 0 Å². The average molecular weight is 253 g/mol. The lowest BCUT2D eigenvalue weighted by atomic mass is 10.1. The second-order valence-corrected chi connectivity index (χ2v) is 5.02. The smallest absolute Gasteiger partial charge is 0.0876 e. The van der Waals surface area contributed by atoms with Crippen LogP contribution in [0.2, 0.25) is 0 Å². The van der Waals surface area contributed by atoms with Crippen LogP contribution in [-0.2, 0) is 0 Å². The van der Waals surface area contributed by atoms with Crippen LogP contribution in [0.4, 0.5) is 0 Å². The van der Waals surface area contributed by atoms with Crippen molar-refractivity contribution in [2.24, 2.45) is 5.73 Å². The largest absolute Gasteiger partial charge is 0.314 e. The maximum absolute atomic E-state index is 6.35. The van der Waals surface area contributed by atoms with E-state index >= 15 is 0 Å². The van der Waals surface area contributed by atoms with Gasteiger partial charge in [0.1, 0.15) is 0 Å². The summed E-state index contributed by atoms with van der Waals surface area (Å²) in [5.41, 5.74) is 8.83. The van der Waals surface area contributed by atoms with Crippen molar-refractivity contribution in [1.82, 2.24) is 10.2 Å². The average Bonchev–Trinajstić information content (AvgIpc) is 2.77. The summed E-state index contributed by atoms with van der Waals surface area (Å²) < 4.78 is 0. The molecule has 0 bridgehead atoms. The molecule has 3 N–H and O–H groups in total. The van der Waals surface area contributed by atoms with E-state index in [1.165, 1.54) is 11.1 Å². The Bertz CT molecular complexity index is 477. The number of nitrogens with one attached hydrogen (secondary N) is 1. The molecule has 19 heavy (non-hydrogen) atoms. The molecule has 1 saturated heterocycles. The van der Waals surface area contributed by atoms with Gasteiger partial charge in [-0.3, -0.25) is 10.2 Å². The molecule has 0 aliphatic carbocycles. The van der Waals surface area contributed by atoms with E-state index in [4.69, 9.17) is 5.73 Å². The Balaban J connectivity index is 1.88. The van der Waals surface area contributed by atoms with Gasteiger partial charge in [-0.05, 0) is 18.2 Å². The summed E-state index contributed by atoms with van der Waals surface area (Å²) in [6, 6.07) is 21.0. The molecule has 1 aliphatic rings. The van der Waals surface area contributed by atoms with E-state index in [0.717, 1.165) is 0 Å². The molecule has 3 nitrogen and oxygen atoms in total. The van der Waals surface area contributed by atoms with Crippen molar-refractivity contribution >= 4 is 0 Å². The highest BCUT2D eigenvalue weighted by Gasteiger charge is 2.37. The Morgan fingerprint density at radius 1 is 0.895 bits per heavy atom. The zero-order valence-corrected chi connectivity index (χ0v) is 11.0. The zero-order valence-electron chi connectivity index (χ0n) is 11.0. The highest BCUT2D eigenvalue weighted by molar-refractivity contribution is 5.26. The van der Waals surface area contributed by atoms with Crippen LogP contribution < -0.4 is 11.1 Å². The van der Waals surface area contributed by atoms with Gasteiger partial charge in [-0.1, -0.05) is 60.7 Å². The number of likely N-dealkylation sites (N-methyl/N-ethyl adjacent to an activating group) is 1. The number of hydrogen-bond acceptors (Lipinski definition) is 3. The van der Waals surface area contributed by atoms with Crippen molar-refractivity contribution in [1.29, 1.82) is 0 Å². The third-order valence-corrected chi connectivity index (χ3v) is 3.83. The van der Waals surface area contributed by atoms with Crippen molar-refractivity contribution in [3.63, 3.8) is 0 Å².